The molecular formula is C17H22BrNO2. The van der Waals surface area contributed by atoms with Crippen molar-refractivity contribution < 1.29 is 9.53 Å². The lowest BCUT2D eigenvalue weighted by atomic mass is 9.85. The van der Waals surface area contributed by atoms with Gasteiger partial charge in [-0.2, -0.15) is 0 Å². The molecule has 0 aromatic heterocycles. The number of ether oxygens (including phenoxy) is 1. The molecule has 1 heterocycles. The SMILES string of the molecule is C=CCC(NC(C)=O)c1cc(Br)ccc1C1CCOCC1. The average molecular weight is 352 g/mol. The molecule has 21 heavy (non-hydrogen) atoms. The molecule has 0 aliphatic carbocycles. The Morgan fingerprint density at radius 3 is 2.86 bits per heavy atom. The van der Waals surface area contributed by atoms with Crippen LogP contribution < -0.4 is 5.32 Å². The van der Waals surface area contributed by atoms with E-state index < -0.39 is 0 Å². The maximum Gasteiger partial charge on any atom is 0.217 e. The number of hydrogen-bond acceptors (Lipinski definition) is 2. The zero-order chi connectivity index (χ0) is 15.2. The Kier molecular flexibility index (Phi) is 6.00. The molecule has 1 aliphatic rings. The minimum Gasteiger partial charge on any atom is -0.381 e. The summed E-state index contributed by atoms with van der Waals surface area (Å²) < 4.78 is 6.50. The van der Waals surface area contributed by atoms with Gasteiger partial charge in [0.1, 0.15) is 0 Å². The fourth-order valence-corrected chi connectivity index (χ4v) is 3.28. The number of carbonyl (C=O) groups excluding carboxylic acids is 1. The molecule has 0 bridgehead atoms. The number of rotatable bonds is 5. The van der Waals surface area contributed by atoms with Gasteiger partial charge in [0.05, 0.1) is 6.04 Å². The van der Waals surface area contributed by atoms with E-state index in [1.54, 1.807) is 6.92 Å². The van der Waals surface area contributed by atoms with Crippen LogP contribution in [-0.4, -0.2) is 19.1 Å². The fourth-order valence-electron chi connectivity index (χ4n) is 2.90. The summed E-state index contributed by atoms with van der Waals surface area (Å²) >= 11 is 3.54. The normalized spacial score (nSPS) is 17.2. The molecule has 1 fully saturated rings. The van der Waals surface area contributed by atoms with E-state index in [2.05, 4.69) is 46.0 Å². The van der Waals surface area contributed by atoms with Crippen LogP contribution in [-0.2, 0) is 9.53 Å². The van der Waals surface area contributed by atoms with E-state index in [4.69, 9.17) is 4.74 Å². The minimum atomic E-state index is -0.0182. The highest BCUT2D eigenvalue weighted by Gasteiger charge is 2.23. The number of benzene rings is 1. The molecular weight excluding hydrogens is 330 g/mol. The molecule has 114 valence electrons. The molecule has 1 saturated heterocycles. The van der Waals surface area contributed by atoms with Gasteiger partial charge < -0.3 is 10.1 Å². The van der Waals surface area contributed by atoms with Gasteiger partial charge in [-0.05, 0) is 48.4 Å². The molecule has 0 radical (unpaired) electrons. The Bertz CT molecular complexity index is 510. The van der Waals surface area contributed by atoms with Gasteiger partial charge in [-0.25, -0.2) is 0 Å². The summed E-state index contributed by atoms with van der Waals surface area (Å²) in [5.41, 5.74) is 2.51. The van der Waals surface area contributed by atoms with Crippen LogP contribution in [0.3, 0.4) is 0 Å². The molecule has 3 nitrogen and oxygen atoms in total. The summed E-state index contributed by atoms with van der Waals surface area (Å²) in [6, 6.07) is 6.35. The van der Waals surface area contributed by atoms with Gasteiger partial charge in [-0.3, -0.25) is 4.79 Å². The van der Waals surface area contributed by atoms with Gasteiger partial charge in [0.2, 0.25) is 5.91 Å². The first kappa shape index (κ1) is 16.2. The molecule has 1 aromatic rings. The van der Waals surface area contributed by atoms with Crippen molar-refractivity contribution in [1.82, 2.24) is 5.32 Å². The van der Waals surface area contributed by atoms with Gasteiger partial charge in [0.15, 0.2) is 0 Å². The van der Waals surface area contributed by atoms with Crippen molar-refractivity contribution in [3.8, 4) is 0 Å². The molecule has 0 spiro atoms. The zero-order valence-corrected chi connectivity index (χ0v) is 14.0. The molecule has 4 heteroatoms. The van der Waals surface area contributed by atoms with Gasteiger partial charge in [-0.1, -0.05) is 28.1 Å². The second-order valence-electron chi connectivity index (χ2n) is 5.44. The van der Waals surface area contributed by atoms with Crippen molar-refractivity contribution in [3.05, 3.63) is 46.5 Å². The van der Waals surface area contributed by atoms with E-state index in [9.17, 15) is 4.79 Å². The third-order valence-corrected chi connectivity index (χ3v) is 4.36. The first-order chi connectivity index (χ1) is 10.1. The topological polar surface area (TPSA) is 38.3 Å². The average Bonchev–Trinajstić information content (AvgIpc) is 2.47. The Hall–Kier alpha value is -1.13. The summed E-state index contributed by atoms with van der Waals surface area (Å²) in [6.07, 6.45) is 4.66. The number of halogens is 1. The monoisotopic (exact) mass is 351 g/mol. The third-order valence-electron chi connectivity index (χ3n) is 3.87. The summed E-state index contributed by atoms with van der Waals surface area (Å²) in [7, 11) is 0. The summed E-state index contributed by atoms with van der Waals surface area (Å²) in [5.74, 6) is 0.489. The van der Waals surface area contributed by atoms with Crippen molar-refractivity contribution in [3.63, 3.8) is 0 Å². The van der Waals surface area contributed by atoms with Crippen molar-refractivity contribution in [2.75, 3.05) is 13.2 Å². The predicted molar refractivity (Wildman–Crippen MR) is 88.3 cm³/mol. The van der Waals surface area contributed by atoms with Gasteiger partial charge in [0, 0.05) is 24.6 Å². The van der Waals surface area contributed by atoms with Crippen molar-refractivity contribution in [1.29, 1.82) is 0 Å². The van der Waals surface area contributed by atoms with E-state index in [0.717, 1.165) is 36.9 Å². The Balaban J connectivity index is 2.35. The molecule has 1 unspecified atom stereocenters. The Labute approximate surface area is 134 Å². The third kappa shape index (κ3) is 4.42. The number of nitrogens with one attached hydrogen (secondary N) is 1. The molecule has 1 aromatic carbocycles. The maximum absolute atomic E-state index is 11.5. The molecule has 1 amide bonds. The van der Waals surface area contributed by atoms with Crippen LogP contribution in [0.1, 0.15) is 49.3 Å². The second-order valence-corrected chi connectivity index (χ2v) is 6.35. The van der Waals surface area contributed by atoms with Gasteiger partial charge in [0.25, 0.3) is 0 Å². The molecule has 2 rings (SSSR count). The van der Waals surface area contributed by atoms with E-state index >= 15 is 0 Å². The quantitative estimate of drug-likeness (QED) is 0.811. The number of carbonyl (C=O) groups is 1. The minimum absolute atomic E-state index is 0.0141. The first-order valence-corrected chi connectivity index (χ1v) is 8.16. The van der Waals surface area contributed by atoms with E-state index in [1.807, 2.05) is 6.08 Å². The van der Waals surface area contributed by atoms with Gasteiger partial charge >= 0.3 is 0 Å². The molecule has 1 N–H and O–H groups in total. The lowest BCUT2D eigenvalue weighted by Gasteiger charge is -2.28. The maximum atomic E-state index is 11.5. The largest absolute Gasteiger partial charge is 0.381 e. The van der Waals surface area contributed by atoms with Crippen LogP contribution in [0.2, 0.25) is 0 Å². The van der Waals surface area contributed by atoms with Gasteiger partial charge in [-0.15, -0.1) is 6.58 Å². The van der Waals surface area contributed by atoms with Crippen molar-refractivity contribution in [2.45, 2.75) is 38.1 Å². The lowest BCUT2D eigenvalue weighted by molar-refractivity contribution is -0.119. The van der Waals surface area contributed by atoms with E-state index in [0.29, 0.717) is 5.92 Å². The predicted octanol–water partition coefficient (Wildman–Crippen LogP) is 4.10. The highest BCUT2D eigenvalue weighted by Crippen LogP contribution is 2.35. The highest BCUT2D eigenvalue weighted by atomic mass is 79.9. The highest BCUT2D eigenvalue weighted by molar-refractivity contribution is 9.10. The zero-order valence-electron chi connectivity index (χ0n) is 12.4. The summed E-state index contributed by atoms with van der Waals surface area (Å²) in [6.45, 7) is 7.00. The van der Waals surface area contributed by atoms with Crippen LogP contribution in [0.5, 0.6) is 0 Å². The number of hydrogen-bond donors (Lipinski definition) is 1. The van der Waals surface area contributed by atoms with Crippen LogP contribution in [0.25, 0.3) is 0 Å². The van der Waals surface area contributed by atoms with Crippen LogP contribution in [0.4, 0.5) is 0 Å². The Morgan fingerprint density at radius 2 is 2.24 bits per heavy atom. The molecule has 1 aliphatic heterocycles. The molecule has 1 atom stereocenters. The van der Waals surface area contributed by atoms with Crippen LogP contribution in [0.15, 0.2) is 35.3 Å². The van der Waals surface area contributed by atoms with Crippen molar-refractivity contribution >= 4 is 21.8 Å². The summed E-state index contributed by atoms with van der Waals surface area (Å²) in [4.78, 5) is 11.5. The number of amides is 1. The smallest absolute Gasteiger partial charge is 0.217 e. The van der Waals surface area contributed by atoms with Crippen molar-refractivity contribution in [2.24, 2.45) is 0 Å². The standard InChI is InChI=1S/C17H22BrNO2/c1-3-4-17(19-12(2)20)16-11-14(18)5-6-15(16)13-7-9-21-10-8-13/h3,5-6,11,13,17H,1,4,7-10H2,2H3,(H,19,20). The Morgan fingerprint density at radius 1 is 1.52 bits per heavy atom. The van der Waals surface area contributed by atoms with E-state index in [1.165, 1.54) is 11.1 Å². The fraction of sp³-hybridized carbons (Fsp3) is 0.471. The first-order valence-electron chi connectivity index (χ1n) is 7.37. The summed E-state index contributed by atoms with van der Waals surface area (Å²) in [5, 5.41) is 3.04. The lowest BCUT2D eigenvalue weighted by Crippen LogP contribution is -2.27. The van der Waals surface area contributed by atoms with Crippen LogP contribution in [0, 0.1) is 0 Å². The second kappa shape index (κ2) is 7.76. The van der Waals surface area contributed by atoms with Crippen LogP contribution >= 0.6 is 15.9 Å². The van der Waals surface area contributed by atoms with E-state index in [-0.39, 0.29) is 11.9 Å². The molecule has 0 saturated carbocycles.